The number of hydrogen-bond acceptors (Lipinski definition) is 4. The summed E-state index contributed by atoms with van der Waals surface area (Å²) in [5, 5.41) is 7.97. The zero-order valence-electron chi connectivity index (χ0n) is 16.1. The van der Waals surface area contributed by atoms with E-state index in [0.29, 0.717) is 12.8 Å². The van der Waals surface area contributed by atoms with E-state index in [9.17, 15) is 9.59 Å². The second-order valence-electron chi connectivity index (χ2n) is 7.41. The quantitative estimate of drug-likeness (QED) is 0.422. The highest BCUT2D eigenvalue weighted by molar-refractivity contribution is 6.07. The highest BCUT2D eigenvalue weighted by Crippen LogP contribution is 2.33. The molecule has 1 heterocycles. The molecule has 6 heteroatoms. The van der Waals surface area contributed by atoms with E-state index in [0.717, 1.165) is 48.6 Å². The van der Waals surface area contributed by atoms with Crippen molar-refractivity contribution < 1.29 is 14.3 Å². The van der Waals surface area contributed by atoms with E-state index in [1.165, 1.54) is 19.3 Å². The molecule has 1 aliphatic carbocycles. The first-order chi connectivity index (χ1) is 13.1. The molecule has 1 saturated heterocycles. The average Bonchev–Trinajstić information content (AvgIpc) is 2.91. The van der Waals surface area contributed by atoms with Gasteiger partial charge in [0, 0.05) is 0 Å². The largest absolute Gasteiger partial charge is 0.494 e. The second-order valence-corrected chi connectivity index (χ2v) is 7.41. The lowest BCUT2D eigenvalue weighted by Crippen LogP contribution is -2.48. The Kier molecular flexibility index (Phi) is 6.48. The van der Waals surface area contributed by atoms with Crippen LogP contribution >= 0.6 is 0 Å². The molecule has 0 unspecified atom stereocenters. The summed E-state index contributed by atoms with van der Waals surface area (Å²) < 4.78 is 5.72. The van der Waals surface area contributed by atoms with Gasteiger partial charge in [-0.25, -0.2) is 4.79 Å². The number of carbonyl (C=O) groups excluding carboxylic acids is 2. The van der Waals surface area contributed by atoms with Gasteiger partial charge < -0.3 is 10.1 Å². The fraction of sp³-hybridized carbons (Fsp3) is 0.571. The van der Waals surface area contributed by atoms with Crippen molar-refractivity contribution in [2.75, 3.05) is 6.61 Å². The molecule has 6 nitrogen and oxygen atoms in total. The summed E-state index contributed by atoms with van der Waals surface area (Å²) in [6.45, 7) is 2.91. The van der Waals surface area contributed by atoms with E-state index in [4.69, 9.17) is 4.74 Å². The van der Waals surface area contributed by atoms with Crippen LogP contribution in [0, 0.1) is 0 Å². The Bertz CT molecular complexity index is 678. The highest BCUT2D eigenvalue weighted by atomic mass is 16.5. The van der Waals surface area contributed by atoms with Crippen LogP contribution in [0.1, 0.15) is 70.3 Å². The van der Waals surface area contributed by atoms with E-state index in [1.807, 2.05) is 24.3 Å². The number of nitrogens with zero attached hydrogens (tertiary/aromatic N) is 2. The van der Waals surface area contributed by atoms with Crippen LogP contribution in [0.3, 0.4) is 0 Å². The molecule has 0 atom stereocenters. The van der Waals surface area contributed by atoms with Crippen molar-refractivity contribution in [2.45, 2.75) is 70.3 Å². The maximum absolute atomic E-state index is 12.7. The Morgan fingerprint density at radius 3 is 2.56 bits per heavy atom. The molecule has 1 aromatic carbocycles. The van der Waals surface area contributed by atoms with Crippen LogP contribution < -0.4 is 10.1 Å². The van der Waals surface area contributed by atoms with Gasteiger partial charge in [-0.1, -0.05) is 45.4 Å². The van der Waals surface area contributed by atoms with Crippen molar-refractivity contribution >= 4 is 18.2 Å². The normalized spacial score (nSPS) is 19.1. The molecule has 1 aromatic rings. The minimum absolute atomic E-state index is 0.226. The number of imide groups is 1. The first-order valence-electron chi connectivity index (χ1n) is 10.1. The van der Waals surface area contributed by atoms with Crippen molar-refractivity contribution in [1.29, 1.82) is 0 Å². The number of rotatable bonds is 8. The lowest BCUT2D eigenvalue weighted by atomic mass is 9.82. The molecule has 0 aromatic heterocycles. The van der Waals surface area contributed by atoms with E-state index >= 15 is 0 Å². The number of benzene rings is 1. The zero-order valence-corrected chi connectivity index (χ0v) is 16.1. The number of hydrazone groups is 1. The van der Waals surface area contributed by atoms with Gasteiger partial charge in [-0.05, 0) is 49.1 Å². The molecular formula is C21H29N3O3. The van der Waals surface area contributed by atoms with Gasteiger partial charge in [-0.15, -0.1) is 5.01 Å². The van der Waals surface area contributed by atoms with Crippen molar-refractivity contribution in [3.63, 3.8) is 0 Å². The van der Waals surface area contributed by atoms with Gasteiger partial charge in [-0.2, -0.15) is 5.10 Å². The molecule has 2 fully saturated rings. The molecule has 27 heavy (non-hydrogen) atoms. The topological polar surface area (TPSA) is 71.0 Å². The van der Waals surface area contributed by atoms with Gasteiger partial charge in [0.15, 0.2) is 0 Å². The molecule has 1 spiro atoms. The molecular weight excluding hydrogens is 342 g/mol. The summed E-state index contributed by atoms with van der Waals surface area (Å²) in [5.41, 5.74) is 0.0841. The maximum atomic E-state index is 12.7. The Hall–Kier alpha value is -2.37. The van der Waals surface area contributed by atoms with Crippen molar-refractivity contribution in [1.82, 2.24) is 10.3 Å². The summed E-state index contributed by atoms with van der Waals surface area (Å²) in [4.78, 5) is 24.9. The average molecular weight is 371 g/mol. The van der Waals surface area contributed by atoms with Gasteiger partial charge >= 0.3 is 6.03 Å². The number of ether oxygens (including phenoxy) is 1. The van der Waals surface area contributed by atoms with E-state index < -0.39 is 11.6 Å². The van der Waals surface area contributed by atoms with Crippen LogP contribution in [0.5, 0.6) is 5.75 Å². The zero-order chi connectivity index (χ0) is 19.1. The summed E-state index contributed by atoms with van der Waals surface area (Å²) in [5.74, 6) is 0.593. The van der Waals surface area contributed by atoms with E-state index in [2.05, 4.69) is 17.3 Å². The van der Waals surface area contributed by atoms with Crippen LogP contribution in [-0.4, -0.2) is 35.3 Å². The highest BCUT2D eigenvalue weighted by Gasteiger charge is 2.51. The lowest BCUT2D eigenvalue weighted by Gasteiger charge is -2.29. The lowest BCUT2D eigenvalue weighted by molar-refractivity contribution is -0.132. The first kappa shape index (κ1) is 19.4. The Morgan fingerprint density at radius 1 is 1.11 bits per heavy atom. The Labute approximate surface area is 161 Å². The van der Waals surface area contributed by atoms with Crippen LogP contribution in [-0.2, 0) is 4.79 Å². The van der Waals surface area contributed by atoms with Gasteiger partial charge in [0.2, 0.25) is 0 Å². The van der Waals surface area contributed by atoms with Gasteiger partial charge in [0.25, 0.3) is 5.91 Å². The van der Waals surface area contributed by atoms with E-state index in [1.54, 1.807) is 6.21 Å². The molecule has 3 amide bonds. The first-order valence-corrected chi connectivity index (χ1v) is 10.1. The predicted octanol–water partition coefficient (Wildman–Crippen LogP) is 4.23. The Morgan fingerprint density at radius 2 is 1.85 bits per heavy atom. The summed E-state index contributed by atoms with van der Waals surface area (Å²) in [6.07, 6.45) is 10.7. The van der Waals surface area contributed by atoms with Crippen LogP contribution in [0.4, 0.5) is 4.79 Å². The van der Waals surface area contributed by atoms with Crippen molar-refractivity contribution in [3.8, 4) is 5.75 Å². The third-order valence-electron chi connectivity index (χ3n) is 5.32. The summed E-state index contributed by atoms with van der Waals surface area (Å²) in [7, 11) is 0. The number of hydrogen-bond donors (Lipinski definition) is 1. The molecule has 0 bridgehead atoms. The maximum Gasteiger partial charge on any atom is 0.346 e. The van der Waals surface area contributed by atoms with Crippen molar-refractivity contribution in [2.24, 2.45) is 5.10 Å². The SMILES string of the molecule is CCCCCCOc1ccc(/C=N\N2C(=O)NC3(CCCCC3)C2=O)cc1. The number of urea groups is 1. The number of unbranched alkanes of at least 4 members (excludes halogenated alkanes) is 3. The van der Waals surface area contributed by atoms with Crippen LogP contribution in [0.2, 0.25) is 0 Å². The third-order valence-corrected chi connectivity index (χ3v) is 5.32. The smallest absolute Gasteiger partial charge is 0.346 e. The number of carbonyl (C=O) groups is 2. The standard InChI is InChI=1S/C21H29N3O3/c1-2-3-4-8-15-27-18-11-9-17(10-12-18)16-22-24-19(25)21(23-20(24)26)13-6-5-7-14-21/h9-12,16H,2-8,13-15H2,1H3,(H,23,26)/b22-16-. The molecule has 3 rings (SSSR count). The minimum Gasteiger partial charge on any atom is -0.494 e. The Balaban J connectivity index is 1.54. The second kappa shape index (κ2) is 9.02. The van der Waals surface area contributed by atoms with Gasteiger partial charge in [0.1, 0.15) is 11.3 Å². The van der Waals surface area contributed by atoms with Gasteiger partial charge in [-0.3, -0.25) is 4.79 Å². The predicted molar refractivity (Wildman–Crippen MR) is 105 cm³/mol. The minimum atomic E-state index is -0.734. The van der Waals surface area contributed by atoms with Crippen molar-refractivity contribution in [3.05, 3.63) is 29.8 Å². The van der Waals surface area contributed by atoms with Crippen LogP contribution in [0.25, 0.3) is 0 Å². The van der Waals surface area contributed by atoms with Gasteiger partial charge in [0.05, 0.1) is 12.8 Å². The fourth-order valence-corrected chi connectivity index (χ4v) is 3.70. The number of amides is 3. The van der Waals surface area contributed by atoms with Crippen LogP contribution in [0.15, 0.2) is 29.4 Å². The summed E-state index contributed by atoms with van der Waals surface area (Å²) in [6, 6.07) is 7.09. The summed E-state index contributed by atoms with van der Waals surface area (Å²) >= 11 is 0. The molecule has 1 saturated carbocycles. The third kappa shape index (κ3) is 4.67. The molecule has 0 radical (unpaired) electrons. The molecule has 2 aliphatic rings. The fourth-order valence-electron chi connectivity index (χ4n) is 3.70. The monoisotopic (exact) mass is 371 g/mol. The molecule has 1 N–H and O–H groups in total. The number of nitrogens with one attached hydrogen (secondary N) is 1. The molecule has 1 aliphatic heterocycles. The van der Waals surface area contributed by atoms with E-state index in [-0.39, 0.29) is 5.91 Å². The molecule has 146 valence electrons.